The minimum atomic E-state index is -0.725. The van der Waals surface area contributed by atoms with Crippen LogP contribution in [-0.2, 0) is 4.79 Å². The second-order valence-electron chi connectivity index (χ2n) is 7.34. The van der Waals surface area contributed by atoms with Gasteiger partial charge in [0.15, 0.2) is 0 Å². The molecule has 2 atom stereocenters. The number of carbonyl (C=O) groups excluding carboxylic acids is 1. The average molecular weight is 381 g/mol. The number of likely N-dealkylation sites (tertiary alicyclic amines) is 1. The van der Waals surface area contributed by atoms with Crippen molar-refractivity contribution < 1.29 is 9.90 Å². The molecule has 2 rings (SSSR count). The molecular formula is C21H33ClN2O2. The molecule has 0 saturated carbocycles. The lowest BCUT2D eigenvalue weighted by molar-refractivity contribution is -0.123. The van der Waals surface area contributed by atoms with Gasteiger partial charge in [-0.05, 0) is 50.0 Å². The Labute approximate surface area is 162 Å². The molecule has 1 amide bonds. The number of carbonyl (C=O) groups is 1. The summed E-state index contributed by atoms with van der Waals surface area (Å²) in [7, 11) is 0. The number of aliphatic hydroxyl groups excluding tert-OH is 1. The maximum absolute atomic E-state index is 12.4. The van der Waals surface area contributed by atoms with Crippen molar-refractivity contribution in [1.29, 1.82) is 0 Å². The minimum Gasteiger partial charge on any atom is -0.386 e. The number of benzene rings is 1. The van der Waals surface area contributed by atoms with Crippen molar-refractivity contribution in [3.05, 3.63) is 34.9 Å². The number of hydrogen-bond acceptors (Lipinski definition) is 3. The Morgan fingerprint density at radius 1 is 1.15 bits per heavy atom. The molecule has 0 radical (unpaired) electrons. The van der Waals surface area contributed by atoms with E-state index >= 15 is 0 Å². The van der Waals surface area contributed by atoms with Crippen molar-refractivity contribution in [3.8, 4) is 0 Å². The number of unbranched alkanes of at least 4 members (excludes halogenated alkanes) is 4. The number of halogens is 1. The van der Waals surface area contributed by atoms with Gasteiger partial charge in [0.1, 0.15) is 6.10 Å². The van der Waals surface area contributed by atoms with E-state index in [9.17, 15) is 9.90 Å². The summed E-state index contributed by atoms with van der Waals surface area (Å²) >= 11 is 5.95. The van der Waals surface area contributed by atoms with Crippen molar-refractivity contribution in [2.45, 2.75) is 70.4 Å². The molecule has 2 N–H and O–H groups in total. The van der Waals surface area contributed by atoms with Gasteiger partial charge in [0, 0.05) is 18.0 Å². The molecule has 1 fully saturated rings. The average Bonchev–Trinajstić information content (AvgIpc) is 3.14. The van der Waals surface area contributed by atoms with E-state index in [2.05, 4.69) is 17.1 Å². The van der Waals surface area contributed by atoms with Crippen LogP contribution in [0.3, 0.4) is 0 Å². The van der Waals surface area contributed by atoms with Gasteiger partial charge in [-0.2, -0.15) is 0 Å². The van der Waals surface area contributed by atoms with Crippen LogP contribution < -0.4 is 5.32 Å². The van der Waals surface area contributed by atoms with Crippen LogP contribution in [0.1, 0.15) is 70.0 Å². The Kier molecular flexibility index (Phi) is 9.44. The lowest BCUT2D eigenvalue weighted by Crippen LogP contribution is -2.46. The Bertz CT molecular complexity index is 529. The van der Waals surface area contributed by atoms with Gasteiger partial charge in [0.25, 0.3) is 0 Å². The van der Waals surface area contributed by atoms with Crippen molar-refractivity contribution in [3.63, 3.8) is 0 Å². The number of amides is 1. The highest BCUT2D eigenvalue weighted by Crippen LogP contribution is 2.21. The van der Waals surface area contributed by atoms with Crippen LogP contribution in [0.15, 0.2) is 24.3 Å². The van der Waals surface area contributed by atoms with E-state index < -0.39 is 6.10 Å². The predicted molar refractivity (Wildman–Crippen MR) is 107 cm³/mol. The number of nitrogens with zero attached hydrogens (tertiary/aromatic N) is 1. The maximum atomic E-state index is 12.4. The highest BCUT2D eigenvalue weighted by Gasteiger charge is 2.26. The van der Waals surface area contributed by atoms with Crippen LogP contribution in [0.25, 0.3) is 0 Å². The fraction of sp³-hybridized carbons (Fsp3) is 0.667. The SMILES string of the molecule is CCCCCCCC(=O)N[C@H](CN1CCCC1)[C@H](O)c1ccc(Cl)cc1. The molecule has 0 unspecified atom stereocenters. The highest BCUT2D eigenvalue weighted by molar-refractivity contribution is 6.30. The van der Waals surface area contributed by atoms with E-state index in [4.69, 9.17) is 11.6 Å². The van der Waals surface area contributed by atoms with Gasteiger partial charge in [-0.3, -0.25) is 4.79 Å². The van der Waals surface area contributed by atoms with E-state index in [1.54, 1.807) is 12.1 Å². The number of rotatable bonds is 11. The highest BCUT2D eigenvalue weighted by atomic mass is 35.5. The quantitative estimate of drug-likeness (QED) is 0.562. The van der Waals surface area contributed by atoms with Crippen LogP contribution in [-0.4, -0.2) is 41.6 Å². The molecule has 0 spiro atoms. The van der Waals surface area contributed by atoms with Crippen LogP contribution in [0.5, 0.6) is 0 Å². The molecule has 4 nitrogen and oxygen atoms in total. The smallest absolute Gasteiger partial charge is 0.220 e. The van der Waals surface area contributed by atoms with Gasteiger partial charge < -0.3 is 15.3 Å². The summed E-state index contributed by atoms with van der Waals surface area (Å²) < 4.78 is 0. The first-order valence-electron chi connectivity index (χ1n) is 10.1. The van der Waals surface area contributed by atoms with Crippen molar-refractivity contribution >= 4 is 17.5 Å². The van der Waals surface area contributed by atoms with Gasteiger partial charge in [-0.25, -0.2) is 0 Å². The zero-order chi connectivity index (χ0) is 18.8. The molecule has 26 heavy (non-hydrogen) atoms. The predicted octanol–water partition coefficient (Wildman–Crippen LogP) is 4.31. The minimum absolute atomic E-state index is 0.0405. The molecule has 5 heteroatoms. The first-order chi connectivity index (χ1) is 12.6. The lowest BCUT2D eigenvalue weighted by atomic mass is 10.0. The third-order valence-electron chi connectivity index (χ3n) is 5.10. The van der Waals surface area contributed by atoms with Crippen molar-refractivity contribution in [2.75, 3.05) is 19.6 Å². The lowest BCUT2D eigenvalue weighted by Gasteiger charge is -2.29. The summed E-state index contributed by atoms with van der Waals surface area (Å²) in [5.74, 6) is 0.0405. The maximum Gasteiger partial charge on any atom is 0.220 e. The van der Waals surface area contributed by atoms with Crippen LogP contribution in [0.4, 0.5) is 0 Å². The van der Waals surface area contributed by atoms with Crippen molar-refractivity contribution in [2.24, 2.45) is 0 Å². The summed E-state index contributed by atoms with van der Waals surface area (Å²) in [6, 6.07) is 6.94. The number of aliphatic hydroxyl groups is 1. The summed E-state index contributed by atoms with van der Waals surface area (Å²) in [6.45, 7) is 4.95. The zero-order valence-corrected chi connectivity index (χ0v) is 16.7. The fourth-order valence-electron chi connectivity index (χ4n) is 3.53. The van der Waals surface area contributed by atoms with E-state index in [-0.39, 0.29) is 11.9 Å². The van der Waals surface area contributed by atoms with Crippen LogP contribution in [0, 0.1) is 0 Å². The molecule has 1 aromatic rings. The second kappa shape index (κ2) is 11.6. The molecular weight excluding hydrogens is 348 g/mol. The molecule has 1 saturated heterocycles. The normalized spacial score (nSPS) is 17.2. The molecule has 0 bridgehead atoms. The zero-order valence-electron chi connectivity index (χ0n) is 15.9. The first-order valence-corrected chi connectivity index (χ1v) is 10.4. The van der Waals surface area contributed by atoms with E-state index in [0.29, 0.717) is 18.0 Å². The second-order valence-corrected chi connectivity index (χ2v) is 7.78. The largest absolute Gasteiger partial charge is 0.386 e. The first kappa shape index (κ1) is 21.2. The molecule has 0 aliphatic carbocycles. The fourth-order valence-corrected chi connectivity index (χ4v) is 3.65. The molecule has 0 aromatic heterocycles. The topological polar surface area (TPSA) is 52.6 Å². The summed E-state index contributed by atoms with van der Waals surface area (Å²) in [6.07, 6.45) is 7.83. The standard InChI is InChI=1S/C21H33ClN2O2/c1-2-3-4-5-6-9-20(25)23-19(16-24-14-7-8-15-24)21(26)17-10-12-18(22)13-11-17/h10-13,19,21,26H,2-9,14-16H2,1H3,(H,23,25)/t19-,21-/m1/s1. The Morgan fingerprint density at radius 3 is 2.46 bits per heavy atom. The monoisotopic (exact) mass is 380 g/mol. The van der Waals surface area contributed by atoms with Gasteiger partial charge in [-0.1, -0.05) is 56.3 Å². The Balaban J connectivity index is 1.91. The van der Waals surface area contributed by atoms with Gasteiger partial charge in [0.2, 0.25) is 5.91 Å². The summed E-state index contributed by atoms with van der Waals surface area (Å²) in [5, 5.41) is 14.6. The van der Waals surface area contributed by atoms with Gasteiger partial charge in [-0.15, -0.1) is 0 Å². The summed E-state index contributed by atoms with van der Waals surface area (Å²) in [4.78, 5) is 14.7. The van der Waals surface area contributed by atoms with E-state index in [1.165, 1.54) is 32.1 Å². The third kappa shape index (κ3) is 7.26. The van der Waals surface area contributed by atoms with Crippen LogP contribution >= 0.6 is 11.6 Å². The molecule has 1 heterocycles. The molecule has 1 aliphatic rings. The Morgan fingerprint density at radius 2 is 1.81 bits per heavy atom. The number of hydrogen-bond donors (Lipinski definition) is 2. The van der Waals surface area contributed by atoms with Crippen molar-refractivity contribution in [1.82, 2.24) is 10.2 Å². The molecule has 1 aliphatic heterocycles. The van der Waals surface area contributed by atoms with Gasteiger partial charge >= 0.3 is 0 Å². The van der Waals surface area contributed by atoms with Crippen LogP contribution in [0.2, 0.25) is 5.02 Å². The summed E-state index contributed by atoms with van der Waals surface area (Å²) in [5.41, 5.74) is 0.793. The van der Waals surface area contributed by atoms with E-state index in [0.717, 1.165) is 31.5 Å². The third-order valence-corrected chi connectivity index (χ3v) is 5.35. The molecule has 146 valence electrons. The van der Waals surface area contributed by atoms with E-state index in [1.807, 2.05) is 12.1 Å². The Hall–Kier alpha value is -1.10. The van der Waals surface area contributed by atoms with Gasteiger partial charge in [0.05, 0.1) is 6.04 Å². The number of nitrogens with one attached hydrogen (secondary N) is 1. The molecule has 1 aromatic carbocycles.